The van der Waals surface area contributed by atoms with E-state index in [-0.39, 0.29) is 17.1 Å². The summed E-state index contributed by atoms with van der Waals surface area (Å²) in [6.45, 7) is 4.14. The number of nitrogens with one attached hydrogen (secondary N) is 1. The second kappa shape index (κ2) is 6.95. The highest BCUT2D eigenvalue weighted by Crippen LogP contribution is 2.32. The van der Waals surface area contributed by atoms with Crippen molar-refractivity contribution < 1.29 is 9.84 Å². The highest BCUT2D eigenvalue weighted by molar-refractivity contribution is 6.69. The molecule has 1 saturated heterocycles. The number of phenolic OH excluding ortho intramolecular Hbond substituents is 1. The van der Waals surface area contributed by atoms with E-state index in [1.807, 2.05) is 0 Å². The number of phenols is 1. The van der Waals surface area contributed by atoms with Crippen LogP contribution in [0.4, 0.5) is 0 Å². The molecular weight excluding hydrogens is 276 g/mol. The third kappa shape index (κ3) is 3.44. The molecule has 0 bridgehead atoms. The minimum Gasteiger partial charge on any atom is -0.504 e. The third-order valence-electron chi connectivity index (χ3n) is 3.65. The Kier molecular flexibility index (Phi) is 5.26. The summed E-state index contributed by atoms with van der Waals surface area (Å²) in [6.07, 6.45) is 4.47. The summed E-state index contributed by atoms with van der Waals surface area (Å²) in [6, 6.07) is 5.06. The van der Waals surface area contributed by atoms with Crippen LogP contribution in [0.5, 0.6) is 11.5 Å². The molecule has 20 heavy (non-hydrogen) atoms. The Bertz CT molecular complexity index is 473. The number of hydrogen-bond acceptors (Lipinski definition) is 4. The molecule has 1 unspecified atom stereocenters. The van der Waals surface area contributed by atoms with Crippen molar-refractivity contribution in [3.05, 3.63) is 23.8 Å². The first-order valence-electron chi connectivity index (χ1n) is 7.10. The van der Waals surface area contributed by atoms with Gasteiger partial charge >= 0.3 is 0 Å². The average Bonchev–Trinajstić information content (AvgIpc) is 2.47. The minimum atomic E-state index is -0.182. The fourth-order valence-corrected chi connectivity index (χ4v) is 2.72. The van der Waals surface area contributed by atoms with Gasteiger partial charge in [-0.05, 0) is 31.4 Å². The highest BCUT2D eigenvalue weighted by atomic mass is 35.5. The van der Waals surface area contributed by atoms with E-state index in [1.54, 1.807) is 18.2 Å². The number of ether oxygens (including phenoxy) is 1. The van der Waals surface area contributed by atoms with Crippen LogP contribution in [-0.4, -0.2) is 34.5 Å². The van der Waals surface area contributed by atoms with Crippen molar-refractivity contribution in [1.82, 2.24) is 4.90 Å². The number of piperidine rings is 1. The summed E-state index contributed by atoms with van der Waals surface area (Å²) in [5, 5.41) is 17.4. The molecule has 4 nitrogen and oxygen atoms in total. The van der Waals surface area contributed by atoms with E-state index in [0.717, 1.165) is 19.5 Å². The van der Waals surface area contributed by atoms with Gasteiger partial charge in [-0.1, -0.05) is 31.0 Å². The molecule has 0 saturated carbocycles. The molecule has 1 atom stereocenters. The topological polar surface area (TPSA) is 56.6 Å². The molecule has 2 rings (SSSR count). The number of para-hydroxylation sites is 1. The van der Waals surface area contributed by atoms with Crippen molar-refractivity contribution in [2.75, 3.05) is 13.1 Å². The lowest BCUT2D eigenvalue weighted by atomic mass is 10.1. The van der Waals surface area contributed by atoms with E-state index in [1.165, 1.54) is 19.3 Å². The van der Waals surface area contributed by atoms with E-state index in [0.29, 0.717) is 11.3 Å². The summed E-state index contributed by atoms with van der Waals surface area (Å²) in [5.74, 6) is 0.341. The summed E-state index contributed by atoms with van der Waals surface area (Å²) >= 11 is 5.66. The van der Waals surface area contributed by atoms with Gasteiger partial charge in [0.05, 0.1) is 5.56 Å². The third-order valence-corrected chi connectivity index (χ3v) is 3.85. The van der Waals surface area contributed by atoms with Gasteiger partial charge in [-0.2, -0.15) is 0 Å². The van der Waals surface area contributed by atoms with Crippen LogP contribution < -0.4 is 4.74 Å². The van der Waals surface area contributed by atoms with E-state index in [9.17, 15) is 5.11 Å². The van der Waals surface area contributed by atoms with Gasteiger partial charge in [0.2, 0.25) is 0 Å². The smallest absolute Gasteiger partial charge is 0.168 e. The number of nitrogens with zero attached hydrogens (tertiary/aromatic N) is 1. The zero-order valence-electron chi connectivity index (χ0n) is 11.7. The van der Waals surface area contributed by atoms with Crippen molar-refractivity contribution in [2.45, 2.75) is 38.8 Å². The van der Waals surface area contributed by atoms with Crippen molar-refractivity contribution >= 4 is 16.8 Å². The molecule has 2 N–H and O–H groups in total. The average molecular weight is 297 g/mol. The molecule has 1 aliphatic heterocycles. The van der Waals surface area contributed by atoms with Crippen LogP contribution >= 0.6 is 11.6 Å². The molecule has 5 heteroatoms. The first-order chi connectivity index (χ1) is 9.63. The van der Waals surface area contributed by atoms with E-state index in [4.69, 9.17) is 21.7 Å². The van der Waals surface area contributed by atoms with Gasteiger partial charge in [-0.3, -0.25) is 10.3 Å². The van der Waals surface area contributed by atoms with Crippen molar-refractivity contribution in [2.24, 2.45) is 0 Å². The maximum absolute atomic E-state index is 10.1. The fraction of sp³-hybridized carbons (Fsp3) is 0.533. The molecule has 1 aromatic carbocycles. The molecule has 1 heterocycles. The lowest BCUT2D eigenvalue weighted by molar-refractivity contribution is 0.00823. The lowest BCUT2D eigenvalue weighted by Gasteiger charge is -2.34. The van der Waals surface area contributed by atoms with Crippen LogP contribution in [0.3, 0.4) is 0 Å². The molecule has 0 aromatic heterocycles. The molecule has 110 valence electrons. The summed E-state index contributed by atoms with van der Waals surface area (Å²) in [7, 11) is 0. The van der Waals surface area contributed by atoms with Crippen LogP contribution in [0.1, 0.15) is 38.2 Å². The Morgan fingerprint density at radius 2 is 2.10 bits per heavy atom. The Balaban J connectivity index is 2.14. The van der Waals surface area contributed by atoms with Crippen LogP contribution in [0, 0.1) is 5.41 Å². The second-order valence-corrected chi connectivity index (χ2v) is 5.42. The number of benzene rings is 1. The summed E-state index contributed by atoms with van der Waals surface area (Å²) < 4.78 is 5.95. The standard InChI is InChI=1S/C15H21ClN2O2/c1-2-13(18-9-4-3-5-10-18)20-12-8-6-7-11(14(12)19)15(16)17/h6-8,13,17,19H,2-5,9-10H2,1H3. The monoisotopic (exact) mass is 296 g/mol. The molecule has 0 spiro atoms. The zero-order chi connectivity index (χ0) is 14.5. The summed E-state index contributed by atoms with van der Waals surface area (Å²) in [4.78, 5) is 2.31. The van der Waals surface area contributed by atoms with Crippen LogP contribution in [-0.2, 0) is 0 Å². The number of aromatic hydroxyl groups is 1. The molecule has 1 aliphatic rings. The quantitative estimate of drug-likeness (QED) is 0.817. The molecular formula is C15H21ClN2O2. The number of rotatable bonds is 5. The molecule has 1 fully saturated rings. The normalized spacial score (nSPS) is 17.7. The summed E-state index contributed by atoms with van der Waals surface area (Å²) in [5.41, 5.74) is 0.303. The Morgan fingerprint density at radius 1 is 1.40 bits per heavy atom. The van der Waals surface area contributed by atoms with Crippen LogP contribution in [0.25, 0.3) is 0 Å². The van der Waals surface area contributed by atoms with Crippen molar-refractivity contribution in [1.29, 1.82) is 5.41 Å². The largest absolute Gasteiger partial charge is 0.504 e. The van der Waals surface area contributed by atoms with E-state index < -0.39 is 0 Å². The van der Waals surface area contributed by atoms with Gasteiger partial charge in [0, 0.05) is 13.1 Å². The van der Waals surface area contributed by atoms with Gasteiger partial charge in [-0.25, -0.2) is 0 Å². The predicted octanol–water partition coefficient (Wildman–Crippen LogP) is 3.56. The molecule has 0 amide bonds. The number of hydrogen-bond donors (Lipinski definition) is 2. The molecule has 0 aliphatic carbocycles. The Labute approximate surface area is 124 Å². The van der Waals surface area contributed by atoms with E-state index >= 15 is 0 Å². The highest BCUT2D eigenvalue weighted by Gasteiger charge is 2.22. The van der Waals surface area contributed by atoms with Gasteiger partial charge in [0.1, 0.15) is 5.17 Å². The minimum absolute atomic E-state index is 0.0408. The number of likely N-dealkylation sites (tertiary alicyclic amines) is 1. The molecule has 1 aromatic rings. The van der Waals surface area contributed by atoms with Gasteiger partial charge in [0.15, 0.2) is 17.7 Å². The molecule has 0 radical (unpaired) electrons. The Morgan fingerprint density at radius 3 is 2.70 bits per heavy atom. The fourth-order valence-electron chi connectivity index (χ4n) is 2.56. The van der Waals surface area contributed by atoms with Crippen LogP contribution in [0.15, 0.2) is 18.2 Å². The van der Waals surface area contributed by atoms with Crippen molar-refractivity contribution in [3.8, 4) is 11.5 Å². The second-order valence-electron chi connectivity index (χ2n) is 5.04. The first kappa shape index (κ1) is 15.1. The maximum Gasteiger partial charge on any atom is 0.168 e. The van der Waals surface area contributed by atoms with Crippen molar-refractivity contribution in [3.63, 3.8) is 0 Å². The maximum atomic E-state index is 10.1. The van der Waals surface area contributed by atoms with E-state index in [2.05, 4.69) is 11.8 Å². The van der Waals surface area contributed by atoms with Gasteiger partial charge in [0.25, 0.3) is 0 Å². The van der Waals surface area contributed by atoms with Crippen LogP contribution in [0.2, 0.25) is 0 Å². The first-order valence-corrected chi connectivity index (χ1v) is 7.48. The predicted molar refractivity (Wildman–Crippen MR) is 80.9 cm³/mol. The zero-order valence-corrected chi connectivity index (χ0v) is 12.5. The SMILES string of the molecule is CCC(Oc1cccc(C(=N)Cl)c1O)N1CCCCC1. The van der Waals surface area contributed by atoms with Gasteiger partial charge < -0.3 is 9.84 Å². The Hall–Kier alpha value is -1.26. The number of halogens is 1. The van der Waals surface area contributed by atoms with Gasteiger partial charge in [-0.15, -0.1) is 0 Å². The lowest BCUT2D eigenvalue weighted by Crippen LogP contribution is -2.42.